The van der Waals surface area contributed by atoms with Crippen LogP contribution in [0, 0.1) is 45.3 Å². The number of rotatable bonds is 17. The largest absolute Gasteiger partial charge is 0.394 e. The molecule has 0 aromatic carbocycles. The van der Waals surface area contributed by atoms with Gasteiger partial charge in [-0.25, -0.2) is 0 Å². The quantitative estimate of drug-likeness (QED) is 0.0637. The number of hydrogen-bond acceptors (Lipinski definition) is 24. The molecule has 8 aliphatic rings. The normalized spacial score (nSPS) is 51.4. The molecule has 24 nitrogen and oxygen atoms in total. The van der Waals surface area contributed by atoms with Crippen LogP contribution in [0.1, 0.15) is 107 Å². The van der Waals surface area contributed by atoms with Crippen molar-refractivity contribution in [2.24, 2.45) is 45.3 Å². The topological polar surface area (TPSA) is 398 Å². The second-order valence-electron chi connectivity index (χ2n) is 25.9. The Kier molecular flexibility index (Phi) is 19.1. The molecule has 4 saturated heterocycles. The first-order valence-electron chi connectivity index (χ1n) is 28.0. The first-order chi connectivity index (χ1) is 36.4. The molecule has 30 atom stereocenters. The summed E-state index contributed by atoms with van der Waals surface area (Å²) in [4.78, 5) is 0. The zero-order valence-electron chi connectivity index (χ0n) is 46.1. The average molecular weight is 1130 g/mol. The molecule has 0 aromatic rings. The smallest absolute Gasteiger partial charge is 0.187 e. The highest BCUT2D eigenvalue weighted by Gasteiger charge is 2.70. The van der Waals surface area contributed by atoms with Gasteiger partial charge in [-0.05, 0) is 99.7 Å². The van der Waals surface area contributed by atoms with E-state index in [0.717, 1.165) is 18.4 Å². The van der Waals surface area contributed by atoms with E-state index in [1.165, 1.54) is 13.8 Å². The van der Waals surface area contributed by atoms with E-state index in [0.29, 0.717) is 32.1 Å². The lowest BCUT2D eigenvalue weighted by Crippen LogP contribution is -2.65. The summed E-state index contributed by atoms with van der Waals surface area (Å²) in [6.45, 7) is 13.5. The number of hydrogen-bond donors (Lipinski definition) is 16. The molecular weight excluding hydrogens is 1030 g/mol. The summed E-state index contributed by atoms with van der Waals surface area (Å²) in [5, 5.41) is 172. The van der Waals surface area contributed by atoms with Crippen LogP contribution < -0.4 is 0 Å². The maximum absolute atomic E-state index is 12.7. The van der Waals surface area contributed by atoms with Crippen LogP contribution in [0.5, 0.6) is 0 Å². The molecule has 0 spiro atoms. The van der Waals surface area contributed by atoms with Gasteiger partial charge >= 0.3 is 0 Å². The van der Waals surface area contributed by atoms with Crippen LogP contribution in [0.2, 0.25) is 0 Å². The van der Waals surface area contributed by atoms with Gasteiger partial charge in [0.05, 0.1) is 50.3 Å². The first-order valence-corrected chi connectivity index (χ1v) is 28.0. The van der Waals surface area contributed by atoms with Gasteiger partial charge in [0.2, 0.25) is 0 Å². The minimum atomic E-state index is -1.93. The first kappa shape index (κ1) is 62.8. The van der Waals surface area contributed by atoms with E-state index in [9.17, 15) is 81.7 Å². The highest BCUT2D eigenvalue weighted by molar-refractivity contribution is 5.32. The van der Waals surface area contributed by atoms with Crippen LogP contribution in [0.15, 0.2) is 11.6 Å². The zero-order valence-corrected chi connectivity index (χ0v) is 46.1. The van der Waals surface area contributed by atoms with E-state index in [2.05, 4.69) is 47.6 Å². The van der Waals surface area contributed by atoms with Crippen molar-refractivity contribution in [2.75, 3.05) is 26.4 Å². The number of aliphatic hydroxyl groups is 16. The lowest BCUT2D eigenvalue weighted by molar-refractivity contribution is -0.380. The molecule has 4 heterocycles. The third-order valence-electron chi connectivity index (χ3n) is 20.8. The molecule has 0 amide bonds. The maximum atomic E-state index is 12.7. The minimum Gasteiger partial charge on any atom is -0.394 e. The van der Waals surface area contributed by atoms with Crippen molar-refractivity contribution < 1.29 is 120 Å². The highest BCUT2D eigenvalue weighted by atomic mass is 16.8. The average Bonchev–Trinajstić information content (AvgIpc) is 3.21. The third-order valence-corrected chi connectivity index (χ3v) is 20.8. The zero-order chi connectivity index (χ0) is 57.5. The van der Waals surface area contributed by atoms with Crippen molar-refractivity contribution >= 4 is 0 Å². The molecule has 8 rings (SSSR count). The Bertz CT molecular complexity index is 2020. The molecule has 4 aliphatic heterocycles. The van der Waals surface area contributed by atoms with Crippen molar-refractivity contribution in [1.29, 1.82) is 0 Å². The van der Waals surface area contributed by atoms with E-state index in [-0.39, 0.29) is 40.9 Å². The molecule has 452 valence electrons. The third kappa shape index (κ3) is 11.0. The predicted molar refractivity (Wildman–Crippen MR) is 268 cm³/mol. The van der Waals surface area contributed by atoms with Crippen LogP contribution in [-0.4, -0.2) is 255 Å². The highest BCUT2D eigenvalue weighted by Crippen LogP contribution is 2.75. The van der Waals surface area contributed by atoms with Gasteiger partial charge < -0.3 is 120 Å². The van der Waals surface area contributed by atoms with E-state index < -0.39 is 184 Å². The van der Waals surface area contributed by atoms with Gasteiger partial charge in [-0.3, -0.25) is 0 Å². The molecule has 7 fully saturated rings. The van der Waals surface area contributed by atoms with E-state index >= 15 is 0 Å². The Hall–Kier alpha value is -1.22. The fraction of sp³-hybridized carbons (Fsp3) is 0.963. The van der Waals surface area contributed by atoms with Crippen LogP contribution in [-0.2, 0) is 37.9 Å². The van der Waals surface area contributed by atoms with E-state index in [4.69, 9.17) is 37.9 Å². The maximum Gasteiger partial charge on any atom is 0.187 e. The van der Waals surface area contributed by atoms with Crippen LogP contribution in [0.25, 0.3) is 0 Å². The van der Waals surface area contributed by atoms with Gasteiger partial charge in [0.25, 0.3) is 0 Å². The van der Waals surface area contributed by atoms with Crippen molar-refractivity contribution in [3.05, 3.63) is 11.6 Å². The number of ether oxygens (including phenoxy) is 8. The van der Waals surface area contributed by atoms with Gasteiger partial charge in [0, 0.05) is 10.8 Å². The fourth-order valence-electron chi connectivity index (χ4n) is 15.6. The summed E-state index contributed by atoms with van der Waals surface area (Å²) in [7, 11) is 0. The van der Waals surface area contributed by atoms with Crippen molar-refractivity contribution in [3.63, 3.8) is 0 Å². The molecule has 0 bridgehead atoms. The molecule has 0 radical (unpaired) electrons. The van der Waals surface area contributed by atoms with Gasteiger partial charge in [-0.2, -0.15) is 0 Å². The van der Waals surface area contributed by atoms with Gasteiger partial charge in [0.15, 0.2) is 25.2 Å². The molecule has 16 N–H and O–H groups in total. The van der Waals surface area contributed by atoms with Crippen molar-refractivity contribution in [2.45, 2.75) is 253 Å². The Morgan fingerprint density at radius 2 is 1.09 bits per heavy atom. The van der Waals surface area contributed by atoms with Crippen molar-refractivity contribution in [3.8, 4) is 0 Å². The summed E-state index contributed by atoms with van der Waals surface area (Å²) < 4.78 is 47.7. The molecule has 4 aliphatic carbocycles. The van der Waals surface area contributed by atoms with Crippen LogP contribution in [0.4, 0.5) is 0 Å². The van der Waals surface area contributed by atoms with Gasteiger partial charge in [0.1, 0.15) is 97.7 Å². The lowest BCUT2D eigenvalue weighted by atomic mass is 9.38. The van der Waals surface area contributed by atoms with E-state index in [1.54, 1.807) is 0 Å². The Labute approximate surface area is 455 Å². The summed E-state index contributed by atoms with van der Waals surface area (Å²) in [6.07, 6.45) is -27.6. The second-order valence-corrected chi connectivity index (χ2v) is 25.9. The standard InChI is InChI=1S/C54H92O24/c1-22(23-15-16-52(6)30-12-10-24-25(54(30,8)31(58)17-53(23,52)7)11-14-32(50(24,2)3)76-47-43(68)39(64)35(60)27(19-56)73-47)9-13-33(51(4,5)70)77-49-45(78-48-44(69)40(65)36(61)28(20-57)74-48)41(66)37(62)29(75-49)21-71-46-42(67)38(63)34(59)26(18-55)72-46/h10,22-23,25-49,55-70H,9,11-21H2,1-8H3/t22?,23-,25+,26-,27-,28+,29-,30-,31?,32-,33+,34+,35+,36+,37+,38-,39-,40-,41-,42?,43-,44+,45?,46+,47-,48-,49-,52+,53+,54+/m0/s1. The number of fused-ring (bicyclic) bond motifs is 5. The summed E-state index contributed by atoms with van der Waals surface area (Å²) in [5.74, 6) is 0.223. The lowest BCUT2D eigenvalue weighted by Gasteiger charge is -2.67. The van der Waals surface area contributed by atoms with Crippen LogP contribution >= 0.6 is 0 Å². The van der Waals surface area contributed by atoms with Gasteiger partial charge in [-0.1, -0.05) is 53.2 Å². The minimum absolute atomic E-state index is 0.00555. The monoisotopic (exact) mass is 1120 g/mol. The molecule has 3 saturated carbocycles. The summed E-state index contributed by atoms with van der Waals surface area (Å²) in [6, 6.07) is 0. The molecule has 24 heteroatoms. The van der Waals surface area contributed by atoms with E-state index in [1.807, 2.05) is 0 Å². The second kappa shape index (κ2) is 23.7. The van der Waals surface area contributed by atoms with Crippen molar-refractivity contribution in [1.82, 2.24) is 0 Å². The Balaban J connectivity index is 0.987. The summed E-state index contributed by atoms with van der Waals surface area (Å²) >= 11 is 0. The fourth-order valence-corrected chi connectivity index (χ4v) is 15.6. The molecule has 4 unspecified atom stereocenters. The Morgan fingerprint density at radius 3 is 1.63 bits per heavy atom. The predicted octanol–water partition coefficient (Wildman–Crippen LogP) is -3.23. The SMILES string of the molecule is CC(CC[C@@H](O[C@@H]1O[C@@H](CO[C@@H]2O[C@@H](CO)[C@@H](O)[C@H](O)C2O)[C@@H](O)[C@H](O)C1O[C@@H]1O[C@H](CO)[C@@H](O)[C@H](O)[C@H]1O)C(C)(C)O)[C@@H]1CC[C@]2(C)[C@@H]3CC=C4[C@@H](CC[C@H](O[C@@H]5O[C@@H](CO)[C@@H](O)[C@H](O)[C@@H]5O)C4(C)C)[C@@]3(C)C(O)C[C@]12C. The van der Waals surface area contributed by atoms with Gasteiger partial charge in [-0.15, -0.1) is 0 Å². The van der Waals surface area contributed by atoms with Crippen LogP contribution in [0.3, 0.4) is 0 Å². The molecular formula is C54H92O24. The molecule has 78 heavy (non-hydrogen) atoms. The number of allylic oxidation sites excluding steroid dienone is 1. The summed E-state index contributed by atoms with van der Waals surface area (Å²) in [5.41, 5.74) is -2.07. The molecule has 0 aromatic heterocycles. The number of aliphatic hydroxyl groups excluding tert-OH is 15. The Morgan fingerprint density at radius 1 is 0.590 bits per heavy atom.